The molecule has 9 heteroatoms. The summed E-state index contributed by atoms with van der Waals surface area (Å²) in [5, 5.41) is 6.98. The van der Waals surface area contributed by atoms with E-state index in [1.165, 1.54) is 0 Å². The van der Waals surface area contributed by atoms with Gasteiger partial charge in [0.15, 0.2) is 5.79 Å². The quantitative estimate of drug-likeness (QED) is 0.600. The van der Waals surface area contributed by atoms with Crippen LogP contribution in [0.5, 0.6) is 11.5 Å². The Morgan fingerprint density at radius 2 is 1.86 bits per heavy atom. The van der Waals surface area contributed by atoms with E-state index in [1.807, 2.05) is 42.5 Å². The van der Waals surface area contributed by atoms with Gasteiger partial charge in [-0.05, 0) is 24.3 Å². The number of carbonyl (C=O) groups is 1. The van der Waals surface area contributed by atoms with E-state index >= 15 is 0 Å². The fourth-order valence-electron chi connectivity index (χ4n) is 5.04. The molecule has 2 aromatic rings. The molecular formula is C26H30ClN3O5. The lowest BCUT2D eigenvalue weighted by Crippen LogP contribution is -2.48. The molecule has 0 aliphatic carbocycles. The maximum atomic E-state index is 13.6. The lowest BCUT2D eigenvalue weighted by molar-refractivity contribution is -0.186. The molecule has 3 aliphatic heterocycles. The average Bonchev–Trinajstić information content (AvgIpc) is 3.53. The monoisotopic (exact) mass is 499 g/mol. The van der Waals surface area contributed by atoms with Crippen LogP contribution in [0.2, 0.25) is 5.02 Å². The van der Waals surface area contributed by atoms with Crippen LogP contribution in [0.3, 0.4) is 0 Å². The molecule has 2 fully saturated rings. The Morgan fingerprint density at radius 3 is 2.54 bits per heavy atom. The van der Waals surface area contributed by atoms with E-state index in [9.17, 15) is 4.79 Å². The fraction of sp³-hybridized carbons (Fsp3) is 0.462. The SMILES string of the molecule is COc1ccc(OC)c([C@@H]2CC(c3ccccc3Cl)=NN2C(=O)CN2CCC3(CC2)OCCO3)c1. The molecule has 1 spiro atoms. The molecule has 0 bridgehead atoms. The van der Waals surface area contributed by atoms with Gasteiger partial charge in [-0.15, -0.1) is 0 Å². The van der Waals surface area contributed by atoms with Gasteiger partial charge in [0.1, 0.15) is 11.5 Å². The molecule has 8 nitrogen and oxygen atoms in total. The predicted octanol–water partition coefficient (Wildman–Crippen LogP) is 3.87. The summed E-state index contributed by atoms with van der Waals surface area (Å²) in [5.41, 5.74) is 2.44. The van der Waals surface area contributed by atoms with Crippen LogP contribution in [0.4, 0.5) is 0 Å². The van der Waals surface area contributed by atoms with Gasteiger partial charge in [-0.1, -0.05) is 29.8 Å². The Kier molecular flexibility index (Phi) is 6.98. The molecule has 186 valence electrons. The van der Waals surface area contributed by atoms with Gasteiger partial charge in [0, 0.05) is 48.5 Å². The molecule has 2 saturated heterocycles. The highest BCUT2D eigenvalue weighted by molar-refractivity contribution is 6.34. The van der Waals surface area contributed by atoms with Crippen LogP contribution < -0.4 is 9.47 Å². The van der Waals surface area contributed by atoms with Crippen molar-refractivity contribution in [3.05, 3.63) is 58.6 Å². The van der Waals surface area contributed by atoms with Gasteiger partial charge >= 0.3 is 0 Å². The van der Waals surface area contributed by atoms with Crippen molar-refractivity contribution in [2.75, 3.05) is 47.1 Å². The van der Waals surface area contributed by atoms with Crippen LogP contribution in [0, 0.1) is 0 Å². The number of carbonyl (C=O) groups excluding carboxylic acids is 1. The number of hydrogen-bond donors (Lipinski definition) is 0. The Hall–Kier alpha value is -2.65. The van der Waals surface area contributed by atoms with Crippen LogP contribution >= 0.6 is 11.6 Å². The van der Waals surface area contributed by atoms with Crippen LogP contribution in [-0.4, -0.2) is 74.4 Å². The van der Waals surface area contributed by atoms with E-state index < -0.39 is 5.79 Å². The molecule has 1 amide bonds. The number of hydrazone groups is 1. The van der Waals surface area contributed by atoms with Gasteiger partial charge in [0.2, 0.25) is 0 Å². The molecule has 5 rings (SSSR count). The third-order valence-corrected chi connectivity index (χ3v) is 7.27. The molecule has 35 heavy (non-hydrogen) atoms. The number of piperidine rings is 1. The summed E-state index contributed by atoms with van der Waals surface area (Å²) in [6.45, 7) is 2.99. The minimum atomic E-state index is -0.473. The van der Waals surface area contributed by atoms with E-state index in [4.69, 9.17) is 35.6 Å². The third kappa shape index (κ3) is 4.89. The Labute approximate surface area is 210 Å². The van der Waals surface area contributed by atoms with Gasteiger partial charge in [0.25, 0.3) is 5.91 Å². The van der Waals surface area contributed by atoms with E-state index in [-0.39, 0.29) is 18.5 Å². The number of hydrogen-bond acceptors (Lipinski definition) is 7. The second-order valence-electron chi connectivity index (χ2n) is 8.98. The first kappa shape index (κ1) is 24.1. The largest absolute Gasteiger partial charge is 0.497 e. The highest BCUT2D eigenvalue weighted by Crippen LogP contribution is 2.40. The highest BCUT2D eigenvalue weighted by atomic mass is 35.5. The summed E-state index contributed by atoms with van der Waals surface area (Å²) in [6.07, 6.45) is 2.02. The van der Waals surface area contributed by atoms with Gasteiger partial charge in [-0.25, -0.2) is 5.01 Å². The number of likely N-dealkylation sites (tertiary alicyclic amines) is 1. The molecule has 0 unspecified atom stereocenters. The summed E-state index contributed by atoms with van der Waals surface area (Å²) in [6, 6.07) is 12.8. The highest BCUT2D eigenvalue weighted by Gasteiger charge is 2.41. The second-order valence-corrected chi connectivity index (χ2v) is 9.38. The van der Waals surface area contributed by atoms with Crippen LogP contribution in [0.25, 0.3) is 0 Å². The topological polar surface area (TPSA) is 72.8 Å². The Bertz CT molecular complexity index is 1110. The number of ether oxygens (including phenoxy) is 4. The number of methoxy groups -OCH3 is 2. The summed E-state index contributed by atoms with van der Waals surface area (Å²) in [4.78, 5) is 15.8. The van der Waals surface area contributed by atoms with Gasteiger partial charge in [0.05, 0.1) is 45.7 Å². The number of rotatable bonds is 6. The molecule has 0 aromatic heterocycles. The van der Waals surface area contributed by atoms with Gasteiger partial charge < -0.3 is 18.9 Å². The average molecular weight is 500 g/mol. The fourth-order valence-corrected chi connectivity index (χ4v) is 5.29. The lowest BCUT2D eigenvalue weighted by Gasteiger charge is -2.37. The van der Waals surface area contributed by atoms with Crippen molar-refractivity contribution in [2.45, 2.75) is 31.1 Å². The molecule has 0 radical (unpaired) electrons. The zero-order chi connectivity index (χ0) is 24.4. The number of benzene rings is 2. The first-order valence-corrected chi connectivity index (χ1v) is 12.3. The van der Waals surface area contributed by atoms with Crippen molar-refractivity contribution in [1.29, 1.82) is 0 Å². The standard InChI is InChI=1S/C26H30ClN3O5/c1-32-18-7-8-24(33-2)20(15-18)23-16-22(19-5-3-4-6-21(19)27)28-30(23)25(31)17-29-11-9-26(10-12-29)34-13-14-35-26/h3-8,15,23H,9-14,16-17H2,1-2H3/t23-/m0/s1. The van der Waals surface area contributed by atoms with Gasteiger partial charge in [-0.2, -0.15) is 5.10 Å². The van der Waals surface area contributed by atoms with Crippen molar-refractivity contribution in [3.63, 3.8) is 0 Å². The minimum absolute atomic E-state index is 0.0777. The Balaban J connectivity index is 1.41. The minimum Gasteiger partial charge on any atom is -0.497 e. The van der Waals surface area contributed by atoms with Crippen molar-refractivity contribution < 1.29 is 23.7 Å². The van der Waals surface area contributed by atoms with E-state index in [2.05, 4.69) is 4.90 Å². The molecular weight excluding hydrogens is 470 g/mol. The van der Waals surface area contributed by atoms with Crippen molar-refractivity contribution in [3.8, 4) is 11.5 Å². The summed E-state index contributed by atoms with van der Waals surface area (Å²) in [7, 11) is 3.24. The molecule has 3 aliphatic rings. The molecule has 0 N–H and O–H groups in total. The van der Waals surface area contributed by atoms with Crippen molar-refractivity contribution in [2.24, 2.45) is 5.10 Å². The first-order chi connectivity index (χ1) is 17.0. The number of amides is 1. The summed E-state index contributed by atoms with van der Waals surface area (Å²) < 4.78 is 22.8. The van der Waals surface area contributed by atoms with E-state index in [1.54, 1.807) is 19.2 Å². The summed E-state index contributed by atoms with van der Waals surface area (Å²) >= 11 is 6.49. The Morgan fingerprint density at radius 1 is 1.11 bits per heavy atom. The lowest BCUT2D eigenvalue weighted by atomic mass is 9.97. The summed E-state index contributed by atoms with van der Waals surface area (Å²) in [5.74, 6) is 0.821. The van der Waals surface area contributed by atoms with Crippen molar-refractivity contribution >= 4 is 23.2 Å². The maximum Gasteiger partial charge on any atom is 0.257 e. The molecule has 3 heterocycles. The van der Waals surface area contributed by atoms with E-state index in [0.29, 0.717) is 36.2 Å². The van der Waals surface area contributed by atoms with Gasteiger partial charge in [-0.3, -0.25) is 9.69 Å². The predicted molar refractivity (Wildman–Crippen MR) is 132 cm³/mol. The van der Waals surface area contributed by atoms with Crippen LogP contribution in [0.1, 0.15) is 36.4 Å². The van der Waals surface area contributed by atoms with Crippen LogP contribution in [0.15, 0.2) is 47.6 Å². The maximum absolute atomic E-state index is 13.6. The second kappa shape index (κ2) is 10.1. The van der Waals surface area contributed by atoms with Crippen LogP contribution in [-0.2, 0) is 14.3 Å². The normalized spacial score (nSPS) is 21.9. The van der Waals surface area contributed by atoms with Crippen molar-refractivity contribution in [1.82, 2.24) is 9.91 Å². The molecule has 2 aromatic carbocycles. The zero-order valence-electron chi connectivity index (χ0n) is 20.0. The zero-order valence-corrected chi connectivity index (χ0v) is 20.8. The first-order valence-electron chi connectivity index (χ1n) is 11.9. The smallest absolute Gasteiger partial charge is 0.257 e. The molecule has 1 atom stereocenters. The molecule has 0 saturated carbocycles. The number of nitrogens with zero attached hydrogens (tertiary/aromatic N) is 3. The van der Waals surface area contributed by atoms with E-state index in [0.717, 1.165) is 42.8 Å². The number of halogens is 1. The third-order valence-electron chi connectivity index (χ3n) is 6.94.